The lowest BCUT2D eigenvalue weighted by atomic mass is 9.95. The standard InChI is InChI=1S/C18H28N2O3S/c1-11-12(2)14(4)17(15(5)13(11)3)24(22,23)20-10-8-9-16(20)18(21)19(6)7/h16H,8-10H2,1-7H3/t16-/m1/s1. The van der Waals surface area contributed by atoms with Crippen LogP contribution in [0.15, 0.2) is 4.90 Å². The summed E-state index contributed by atoms with van der Waals surface area (Å²) in [7, 11) is -0.366. The molecule has 24 heavy (non-hydrogen) atoms. The van der Waals surface area contributed by atoms with Crippen LogP contribution in [-0.2, 0) is 14.8 Å². The predicted octanol–water partition coefficient (Wildman–Crippen LogP) is 2.47. The van der Waals surface area contributed by atoms with E-state index >= 15 is 0 Å². The molecule has 0 aliphatic carbocycles. The Bertz CT molecular complexity index is 753. The number of amides is 1. The SMILES string of the molecule is Cc1c(C)c(C)c(S(=O)(=O)N2CCC[C@@H]2C(=O)N(C)C)c(C)c1C. The lowest BCUT2D eigenvalue weighted by Crippen LogP contribution is -2.45. The molecule has 0 spiro atoms. The Hall–Kier alpha value is -1.40. The second-order valence-corrected chi connectivity index (χ2v) is 8.79. The van der Waals surface area contributed by atoms with Crippen molar-refractivity contribution in [3.63, 3.8) is 0 Å². The van der Waals surface area contributed by atoms with Crippen LogP contribution < -0.4 is 0 Å². The Labute approximate surface area is 145 Å². The molecular formula is C18H28N2O3S. The molecule has 1 heterocycles. The fourth-order valence-corrected chi connectivity index (χ4v) is 5.76. The molecule has 134 valence electrons. The average Bonchev–Trinajstić information content (AvgIpc) is 3.00. The van der Waals surface area contributed by atoms with Gasteiger partial charge < -0.3 is 4.90 Å². The molecule has 5 nitrogen and oxygen atoms in total. The van der Waals surface area contributed by atoms with Crippen molar-refractivity contribution in [2.24, 2.45) is 0 Å². The topological polar surface area (TPSA) is 57.7 Å². The maximum absolute atomic E-state index is 13.4. The smallest absolute Gasteiger partial charge is 0.244 e. The first-order chi connectivity index (χ1) is 11.0. The molecule has 6 heteroatoms. The van der Waals surface area contributed by atoms with Crippen molar-refractivity contribution in [2.45, 2.75) is 58.4 Å². The van der Waals surface area contributed by atoms with E-state index in [9.17, 15) is 13.2 Å². The number of likely N-dealkylation sites (N-methyl/N-ethyl adjacent to an activating group) is 1. The molecule has 0 aromatic heterocycles. The molecule has 1 aromatic carbocycles. The first-order valence-corrected chi connectivity index (χ1v) is 9.75. The fourth-order valence-electron chi connectivity index (χ4n) is 3.54. The zero-order valence-corrected chi connectivity index (χ0v) is 16.5. The molecule has 2 rings (SSSR count). The van der Waals surface area contributed by atoms with Crippen LogP contribution >= 0.6 is 0 Å². The van der Waals surface area contributed by atoms with Crippen LogP contribution in [0.4, 0.5) is 0 Å². The first kappa shape index (κ1) is 18.9. The van der Waals surface area contributed by atoms with E-state index in [4.69, 9.17) is 0 Å². The van der Waals surface area contributed by atoms with Gasteiger partial charge in [-0.15, -0.1) is 0 Å². The second-order valence-electron chi connectivity index (χ2n) is 6.96. The van der Waals surface area contributed by atoms with E-state index in [0.29, 0.717) is 24.3 Å². The van der Waals surface area contributed by atoms with Gasteiger partial charge in [0, 0.05) is 20.6 Å². The highest BCUT2D eigenvalue weighted by Crippen LogP contribution is 2.34. The number of carbonyl (C=O) groups is 1. The highest BCUT2D eigenvalue weighted by atomic mass is 32.2. The van der Waals surface area contributed by atoms with Crippen LogP contribution in [0.3, 0.4) is 0 Å². The van der Waals surface area contributed by atoms with Gasteiger partial charge in [-0.25, -0.2) is 8.42 Å². The average molecular weight is 353 g/mol. The Balaban J connectivity index is 2.62. The van der Waals surface area contributed by atoms with Crippen molar-refractivity contribution in [1.29, 1.82) is 0 Å². The van der Waals surface area contributed by atoms with Crippen LogP contribution in [0.25, 0.3) is 0 Å². The molecule has 0 bridgehead atoms. The highest BCUT2D eigenvalue weighted by molar-refractivity contribution is 7.89. The fraction of sp³-hybridized carbons (Fsp3) is 0.611. The van der Waals surface area contributed by atoms with E-state index in [-0.39, 0.29) is 5.91 Å². The third-order valence-electron chi connectivity index (χ3n) is 5.43. The van der Waals surface area contributed by atoms with Crippen molar-refractivity contribution < 1.29 is 13.2 Å². The van der Waals surface area contributed by atoms with Crippen molar-refractivity contribution >= 4 is 15.9 Å². The summed E-state index contributed by atoms with van der Waals surface area (Å²) >= 11 is 0. The van der Waals surface area contributed by atoms with Gasteiger partial charge >= 0.3 is 0 Å². The molecule has 0 saturated carbocycles. The van der Waals surface area contributed by atoms with Crippen LogP contribution in [-0.4, -0.2) is 50.2 Å². The Morgan fingerprint density at radius 1 is 0.958 bits per heavy atom. The molecule has 1 fully saturated rings. The van der Waals surface area contributed by atoms with Crippen molar-refractivity contribution in [3.8, 4) is 0 Å². The summed E-state index contributed by atoms with van der Waals surface area (Å²) in [6, 6.07) is -0.592. The lowest BCUT2D eigenvalue weighted by molar-refractivity contribution is -0.132. The third-order valence-corrected chi connectivity index (χ3v) is 7.61. The minimum Gasteiger partial charge on any atom is -0.347 e. The molecule has 1 aliphatic rings. The Morgan fingerprint density at radius 2 is 1.42 bits per heavy atom. The zero-order valence-electron chi connectivity index (χ0n) is 15.7. The number of nitrogens with zero attached hydrogens (tertiary/aromatic N) is 2. The van der Waals surface area contributed by atoms with Gasteiger partial charge in [0.2, 0.25) is 15.9 Å². The summed E-state index contributed by atoms with van der Waals surface area (Å²) in [5.74, 6) is -0.146. The Morgan fingerprint density at radius 3 is 1.88 bits per heavy atom. The van der Waals surface area contributed by atoms with Crippen LogP contribution in [0.1, 0.15) is 40.7 Å². The van der Waals surface area contributed by atoms with E-state index in [0.717, 1.165) is 27.8 Å². The quantitative estimate of drug-likeness (QED) is 0.840. The molecule has 1 saturated heterocycles. The summed E-state index contributed by atoms with van der Waals surface area (Å²) in [6.45, 7) is 10.1. The molecule has 0 radical (unpaired) electrons. The van der Waals surface area contributed by atoms with Crippen molar-refractivity contribution in [3.05, 3.63) is 27.8 Å². The van der Waals surface area contributed by atoms with Gasteiger partial charge in [0.25, 0.3) is 0 Å². The molecule has 1 amide bonds. The monoisotopic (exact) mass is 352 g/mol. The normalized spacial score (nSPS) is 18.9. The second kappa shape index (κ2) is 6.48. The molecule has 1 aromatic rings. The molecule has 0 unspecified atom stereocenters. The van der Waals surface area contributed by atoms with Crippen molar-refractivity contribution in [1.82, 2.24) is 9.21 Å². The Kier molecular flexibility index (Phi) is 5.11. The summed E-state index contributed by atoms with van der Waals surface area (Å²) in [5, 5.41) is 0. The van der Waals surface area contributed by atoms with Gasteiger partial charge in [0.15, 0.2) is 0 Å². The van der Waals surface area contributed by atoms with E-state index in [2.05, 4.69) is 0 Å². The summed E-state index contributed by atoms with van der Waals surface area (Å²) in [5.41, 5.74) is 4.72. The summed E-state index contributed by atoms with van der Waals surface area (Å²) in [6.07, 6.45) is 1.30. The van der Waals surface area contributed by atoms with Crippen LogP contribution in [0.2, 0.25) is 0 Å². The number of benzene rings is 1. The first-order valence-electron chi connectivity index (χ1n) is 8.31. The number of sulfonamides is 1. The van der Waals surface area contributed by atoms with E-state index in [1.54, 1.807) is 14.1 Å². The number of rotatable bonds is 3. The molecule has 1 atom stereocenters. The van der Waals surface area contributed by atoms with Gasteiger partial charge in [-0.2, -0.15) is 4.31 Å². The molecule has 1 aliphatic heterocycles. The number of carbonyl (C=O) groups excluding carboxylic acids is 1. The lowest BCUT2D eigenvalue weighted by Gasteiger charge is -2.28. The third kappa shape index (κ3) is 2.86. The summed E-state index contributed by atoms with van der Waals surface area (Å²) < 4.78 is 28.2. The van der Waals surface area contributed by atoms with Gasteiger partial charge in [0.1, 0.15) is 6.04 Å². The number of hydrogen-bond donors (Lipinski definition) is 0. The largest absolute Gasteiger partial charge is 0.347 e. The van der Waals surface area contributed by atoms with Crippen LogP contribution in [0.5, 0.6) is 0 Å². The van der Waals surface area contributed by atoms with E-state index < -0.39 is 16.1 Å². The molecular weight excluding hydrogens is 324 g/mol. The van der Waals surface area contributed by atoms with Crippen molar-refractivity contribution in [2.75, 3.05) is 20.6 Å². The predicted molar refractivity (Wildman–Crippen MR) is 95.7 cm³/mol. The maximum atomic E-state index is 13.4. The minimum atomic E-state index is -3.70. The number of hydrogen-bond acceptors (Lipinski definition) is 3. The van der Waals surface area contributed by atoms with E-state index in [1.807, 2.05) is 34.6 Å². The van der Waals surface area contributed by atoms with Gasteiger partial charge in [-0.05, 0) is 75.3 Å². The van der Waals surface area contributed by atoms with Gasteiger partial charge in [0.05, 0.1) is 4.90 Å². The highest BCUT2D eigenvalue weighted by Gasteiger charge is 2.41. The van der Waals surface area contributed by atoms with Gasteiger partial charge in [-0.3, -0.25) is 4.79 Å². The van der Waals surface area contributed by atoms with E-state index in [1.165, 1.54) is 9.21 Å². The van der Waals surface area contributed by atoms with Gasteiger partial charge in [-0.1, -0.05) is 0 Å². The maximum Gasteiger partial charge on any atom is 0.244 e. The molecule has 0 N–H and O–H groups in total. The van der Waals surface area contributed by atoms with Crippen LogP contribution in [0, 0.1) is 34.6 Å². The zero-order chi connectivity index (χ0) is 18.4. The minimum absolute atomic E-state index is 0.146. The summed E-state index contributed by atoms with van der Waals surface area (Å²) in [4.78, 5) is 14.3.